The summed E-state index contributed by atoms with van der Waals surface area (Å²) in [6.45, 7) is 1.30. The molecule has 4 heterocycles. The molecule has 202 valence electrons. The highest BCUT2D eigenvalue weighted by molar-refractivity contribution is 5.91. The summed E-state index contributed by atoms with van der Waals surface area (Å²) in [4.78, 5) is 16.6. The second kappa shape index (κ2) is 10.5. The molecular weight excluding hydrogens is 506 g/mol. The Morgan fingerprint density at radius 2 is 1.93 bits per heavy atom. The molecule has 3 aromatic heterocycles. The fourth-order valence-electron chi connectivity index (χ4n) is 5.40. The van der Waals surface area contributed by atoms with Gasteiger partial charge < -0.3 is 14.8 Å². The highest BCUT2D eigenvalue weighted by atomic mass is 16.7. The zero-order chi connectivity index (χ0) is 26.9. The molecule has 1 fully saturated rings. The predicted molar refractivity (Wildman–Crippen MR) is 145 cm³/mol. The molecule has 0 unspecified atom stereocenters. The lowest BCUT2D eigenvalue weighted by molar-refractivity contribution is 0.0945. The number of nitrogens with one attached hydrogen (secondary N) is 1. The fourth-order valence-corrected chi connectivity index (χ4v) is 5.40. The van der Waals surface area contributed by atoms with Crippen molar-refractivity contribution in [2.75, 3.05) is 6.79 Å². The van der Waals surface area contributed by atoms with Gasteiger partial charge in [-0.25, -0.2) is 0 Å². The topological polar surface area (TPSA) is 117 Å². The van der Waals surface area contributed by atoms with Crippen LogP contribution in [0.15, 0.2) is 60.4 Å². The Hall–Kier alpha value is -4.60. The Morgan fingerprint density at radius 1 is 1.00 bits per heavy atom. The number of aromatic nitrogens is 6. The number of allylic oxidation sites excluding steroid dienone is 1. The number of benzene rings is 1. The zero-order valence-corrected chi connectivity index (χ0v) is 22.0. The van der Waals surface area contributed by atoms with Gasteiger partial charge in [0.25, 0.3) is 5.91 Å². The monoisotopic (exact) mass is 535 g/mol. The lowest BCUT2D eigenvalue weighted by Gasteiger charge is -2.10. The standard InChI is InChI=1S/C30H29N7O3/c38-30(32-16-22-6-1-3-11-31-22)26-17-37(36-35-26)12-4-2-5-21-14-24-25(34-33-21)15-23(19-7-8-19)29(24)20-9-10-27-28(13-20)40-18-39-27/h1,3,6,9-11,13-14,17,19H,2,4-5,7-8,12,15-16,18H2,(H,32,38). The number of aryl methyl sites for hydroxylation is 2. The molecule has 0 bridgehead atoms. The minimum atomic E-state index is -0.262. The van der Waals surface area contributed by atoms with Crippen LogP contribution in [0, 0.1) is 5.92 Å². The Balaban J connectivity index is 0.971. The van der Waals surface area contributed by atoms with E-state index in [2.05, 4.69) is 49.0 Å². The van der Waals surface area contributed by atoms with Crippen molar-refractivity contribution >= 4 is 11.5 Å². The van der Waals surface area contributed by atoms with Gasteiger partial charge in [-0.1, -0.05) is 22.9 Å². The molecule has 0 radical (unpaired) electrons. The van der Waals surface area contributed by atoms with Crippen molar-refractivity contribution in [3.8, 4) is 11.5 Å². The lowest BCUT2D eigenvalue weighted by Crippen LogP contribution is -2.23. The first-order valence-electron chi connectivity index (χ1n) is 13.8. The van der Waals surface area contributed by atoms with E-state index in [0.717, 1.165) is 59.8 Å². The number of ether oxygens (including phenoxy) is 2. The average molecular weight is 536 g/mol. The first-order chi connectivity index (χ1) is 19.7. The number of fused-ring (bicyclic) bond motifs is 2. The van der Waals surface area contributed by atoms with Crippen molar-refractivity contribution < 1.29 is 14.3 Å². The Kier molecular flexibility index (Phi) is 6.43. The van der Waals surface area contributed by atoms with E-state index in [9.17, 15) is 4.79 Å². The minimum absolute atomic E-state index is 0.262. The van der Waals surface area contributed by atoms with Crippen molar-refractivity contribution in [2.24, 2.45) is 5.92 Å². The first-order valence-corrected chi connectivity index (χ1v) is 13.8. The summed E-state index contributed by atoms with van der Waals surface area (Å²) in [7, 11) is 0. The van der Waals surface area contributed by atoms with Crippen LogP contribution in [0.3, 0.4) is 0 Å². The number of nitrogens with zero attached hydrogens (tertiary/aromatic N) is 6. The van der Waals surface area contributed by atoms with E-state index in [1.807, 2.05) is 24.3 Å². The van der Waals surface area contributed by atoms with Crippen LogP contribution in [0.2, 0.25) is 0 Å². The first kappa shape index (κ1) is 24.4. The van der Waals surface area contributed by atoms with E-state index in [1.165, 1.54) is 29.6 Å². The highest BCUT2D eigenvalue weighted by Gasteiger charge is 2.35. The van der Waals surface area contributed by atoms with Crippen molar-refractivity contribution in [3.63, 3.8) is 0 Å². The molecule has 1 aromatic carbocycles. The maximum atomic E-state index is 12.4. The summed E-state index contributed by atoms with van der Waals surface area (Å²) < 4.78 is 12.9. The van der Waals surface area contributed by atoms with Crippen LogP contribution < -0.4 is 14.8 Å². The van der Waals surface area contributed by atoms with Gasteiger partial charge in [0.05, 0.1) is 29.8 Å². The molecule has 7 rings (SSSR count). The number of amides is 1. The molecular formula is C30H29N7O3. The third kappa shape index (κ3) is 5.04. The zero-order valence-electron chi connectivity index (χ0n) is 22.0. The second-order valence-electron chi connectivity index (χ2n) is 10.4. The van der Waals surface area contributed by atoms with E-state index >= 15 is 0 Å². The number of unbranched alkanes of at least 4 members (excludes halogenated alkanes) is 1. The summed E-state index contributed by atoms with van der Waals surface area (Å²) >= 11 is 0. The van der Waals surface area contributed by atoms with E-state index in [1.54, 1.807) is 17.1 Å². The van der Waals surface area contributed by atoms with Gasteiger partial charge >= 0.3 is 0 Å². The minimum Gasteiger partial charge on any atom is -0.454 e. The van der Waals surface area contributed by atoms with Crippen molar-refractivity contribution in [1.29, 1.82) is 0 Å². The van der Waals surface area contributed by atoms with E-state index < -0.39 is 0 Å². The number of hydrogen-bond donors (Lipinski definition) is 1. The maximum absolute atomic E-state index is 12.4. The van der Waals surface area contributed by atoms with Gasteiger partial charge in [-0.2, -0.15) is 10.2 Å². The Bertz CT molecular complexity index is 1590. The Morgan fingerprint density at radius 3 is 2.80 bits per heavy atom. The van der Waals surface area contributed by atoms with Crippen LogP contribution in [-0.2, 0) is 25.9 Å². The second-order valence-corrected chi connectivity index (χ2v) is 10.4. The smallest absolute Gasteiger partial charge is 0.273 e. The van der Waals surface area contributed by atoms with Gasteiger partial charge in [0.15, 0.2) is 17.2 Å². The molecule has 10 nitrogen and oxygen atoms in total. The van der Waals surface area contributed by atoms with Crippen molar-refractivity contribution in [2.45, 2.75) is 51.6 Å². The molecule has 2 aliphatic carbocycles. The number of carbonyl (C=O) groups excluding carboxylic acids is 1. The van der Waals surface area contributed by atoms with Gasteiger partial charge in [0.1, 0.15) is 0 Å². The van der Waals surface area contributed by atoms with Crippen LogP contribution in [0.25, 0.3) is 5.57 Å². The average Bonchev–Trinajstić information content (AvgIpc) is 3.37. The van der Waals surface area contributed by atoms with Gasteiger partial charge in [-0.3, -0.25) is 14.5 Å². The van der Waals surface area contributed by atoms with Crippen LogP contribution in [0.5, 0.6) is 11.5 Å². The van der Waals surface area contributed by atoms with E-state index in [0.29, 0.717) is 24.7 Å². The van der Waals surface area contributed by atoms with Gasteiger partial charge in [0.2, 0.25) is 6.79 Å². The molecule has 0 saturated heterocycles. The van der Waals surface area contributed by atoms with Crippen LogP contribution in [0.1, 0.15) is 64.4 Å². The molecule has 3 aliphatic rings. The van der Waals surface area contributed by atoms with Crippen LogP contribution >= 0.6 is 0 Å². The normalized spacial score (nSPS) is 15.4. The molecule has 1 aliphatic heterocycles. The number of hydrogen-bond acceptors (Lipinski definition) is 8. The van der Waals surface area contributed by atoms with Gasteiger partial charge in [-0.05, 0) is 79.5 Å². The molecule has 4 aromatic rings. The van der Waals surface area contributed by atoms with Crippen LogP contribution in [0.4, 0.5) is 0 Å². The predicted octanol–water partition coefficient (Wildman–Crippen LogP) is 3.91. The largest absolute Gasteiger partial charge is 0.454 e. The van der Waals surface area contributed by atoms with Crippen molar-refractivity contribution in [3.05, 3.63) is 94.3 Å². The third-order valence-electron chi connectivity index (χ3n) is 7.60. The van der Waals surface area contributed by atoms with E-state index in [-0.39, 0.29) is 12.7 Å². The molecule has 0 atom stereocenters. The summed E-state index contributed by atoms with van der Waals surface area (Å²) in [6, 6.07) is 14.0. The summed E-state index contributed by atoms with van der Waals surface area (Å²) in [6.07, 6.45) is 9.38. The van der Waals surface area contributed by atoms with Crippen LogP contribution in [-0.4, -0.2) is 42.9 Å². The number of pyridine rings is 1. The molecule has 10 heteroatoms. The van der Waals surface area contributed by atoms with Gasteiger partial charge in [-0.15, -0.1) is 5.10 Å². The molecule has 1 N–H and O–H groups in total. The fraction of sp³-hybridized carbons (Fsp3) is 0.333. The highest BCUT2D eigenvalue weighted by Crippen LogP contribution is 2.49. The molecule has 1 saturated carbocycles. The number of rotatable bonds is 10. The van der Waals surface area contributed by atoms with Crippen molar-refractivity contribution in [1.82, 2.24) is 35.5 Å². The molecule has 0 spiro atoms. The SMILES string of the molecule is O=C(NCc1ccccn1)c1cn(CCCCc2cc3c(nn2)CC(C2CC2)=C3c2ccc3c(c2)OCO3)nn1. The summed E-state index contributed by atoms with van der Waals surface area (Å²) in [5.74, 6) is 1.98. The quantitative estimate of drug-likeness (QED) is 0.304. The summed E-state index contributed by atoms with van der Waals surface area (Å²) in [5, 5.41) is 20.2. The number of carbonyl (C=O) groups is 1. The van der Waals surface area contributed by atoms with E-state index in [4.69, 9.17) is 9.47 Å². The lowest BCUT2D eigenvalue weighted by atomic mass is 9.95. The molecule has 1 amide bonds. The summed E-state index contributed by atoms with van der Waals surface area (Å²) in [5.41, 5.74) is 8.28. The third-order valence-corrected chi connectivity index (χ3v) is 7.60. The molecule has 40 heavy (non-hydrogen) atoms. The van der Waals surface area contributed by atoms with Gasteiger partial charge in [0, 0.05) is 24.7 Å². The Labute approximate surface area is 231 Å². The maximum Gasteiger partial charge on any atom is 0.273 e.